The molecule has 0 atom stereocenters. The van der Waals surface area contributed by atoms with Crippen LogP contribution >= 0.6 is 11.8 Å². The number of para-hydroxylation sites is 2. The van der Waals surface area contributed by atoms with E-state index in [9.17, 15) is 14.9 Å². The molecule has 150 valence electrons. The van der Waals surface area contributed by atoms with E-state index >= 15 is 0 Å². The maximum Gasteiger partial charge on any atom is 0.270 e. The van der Waals surface area contributed by atoms with Gasteiger partial charge in [-0.05, 0) is 12.1 Å². The van der Waals surface area contributed by atoms with Crippen LogP contribution in [0.15, 0.2) is 53.7 Å². The number of carbonyl (C=O) groups is 1. The molecule has 0 spiro atoms. The third kappa shape index (κ3) is 4.91. The van der Waals surface area contributed by atoms with E-state index in [0.29, 0.717) is 22.5 Å². The number of non-ortho nitro benzene ring substituents is 1. The zero-order chi connectivity index (χ0) is 20.8. The summed E-state index contributed by atoms with van der Waals surface area (Å²) >= 11 is 1.20. The highest BCUT2D eigenvalue weighted by atomic mass is 32.2. The Kier molecular flexibility index (Phi) is 6.45. The van der Waals surface area contributed by atoms with Crippen LogP contribution in [0.1, 0.15) is 16.2 Å². The largest absolute Gasteiger partial charge is 0.493 e. The van der Waals surface area contributed by atoms with Gasteiger partial charge in [0.25, 0.3) is 5.69 Å². The molecule has 0 bridgehead atoms. The lowest BCUT2D eigenvalue weighted by Gasteiger charge is -2.10. The van der Waals surface area contributed by atoms with Gasteiger partial charge in [-0.1, -0.05) is 36.0 Å². The molecule has 0 N–H and O–H groups in total. The van der Waals surface area contributed by atoms with Crippen molar-refractivity contribution in [2.45, 2.75) is 11.8 Å². The second-order valence-corrected chi connectivity index (χ2v) is 6.86. The van der Waals surface area contributed by atoms with E-state index in [0.717, 1.165) is 0 Å². The van der Waals surface area contributed by atoms with Gasteiger partial charge in [0.05, 0.1) is 17.8 Å². The minimum absolute atomic E-state index is 0.0838. The first-order valence-electron chi connectivity index (χ1n) is 8.54. The van der Waals surface area contributed by atoms with Crippen molar-refractivity contribution in [3.8, 4) is 11.5 Å². The molecule has 10 heteroatoms. The number of thioether (sulfide) groups is 1. The van der Waals surface area contributed by atoms with Gasteiger partial charge in [0.15, 0.2) is 28.3 Å². The molecule has 1 aromatic heterocycles. The van der Waals surface area contributed by atoms with Crippen molar-refractivity contribution < 1.29 is 19.2 Å². The van der Waals surface area contributed by atoms with E-state index in [2.05, 4.69) is 10.2 Å². The number of nitrogens with zero attached hydrogens (tertiary/aromatic N) is 4. The second kappa shape index (κ2) is 9.20. The van der Waals surface area contributed by atoms with Gasteiger partial charge >= 0.3 is 0 Å². The fourth-order valence-electron chi connectivity index (χ4n) is 2.48. The van der Waals surface area contributed by atoms with Crippen LogP contribution in [0, 0.1) is 10.1 Å². The van der Waals surface area contributed by atoms with Crippen LogP contribution in [0.5, 0.6) is 11.5 Å². The first-order chi connectivity index (χ1) is 14.0. The summed E-state index contributed by atoms with van der Waals surface area (Å²) in [7, 11) is 3.35. The molecule has 0 radical (unpaired) electrons. The van der Waals surface area contributed by atoms with E-state index in [-0.39, 0.29) is 29.4 Å². The number of aromatic nitrogens is 3. The number of methoxy groups -OCH3 is 1. The molecule has 3 aromatic rings. The van der Waals surface area contributed by atoms with E-state index in [4.69, 9.17) is 9.47 Å². The SMILES string of the molecule is COc1ccccc1OCc1nnc(SCC(=O)c2cccc([N+](=O)[O-])c2)n1C. The summed E-state index contributed by atoms with van der Waals surface area (Å²) in [5.41, 5.74) is 0.170. The predicted octanol–water partition coefficient (Wildman–Crippen LogP) is 3.29. The molecule has 29 heavy (non-hydrogen) atoms. The summed E-state index contributed by atoms with van der Waals surface area (Å²) in [5.74, 6) is 1.65. The molecule has 0 unspecified atom stereocenters. The summed E-state index contributed by atoms with van der Waals surface area (Å²) in [5, 5.41) is 19.6. The number of nitro groups is 1. The molecule has 9 nitrogen and oxygen atoms in total. The lowest BCUT2D eigenvalue weighted by Crippen LogP contribution is -2.06. The van der Waals surface area contributed by atoms with Crippen LogP contribution in [-0.2, 0) is 13.7 Å². The van der Waals surface area contributed by atoms with Crippen LogP contribution in [0.2, 0.25) is 0 Å². The van der Waals surface area contributed by atoms with Crippen LogP contribution in [0.25, 0.3) is 0 Å². The van der Waals surface area contributed by atoms with Gasteiger partial charge in [0.1, 0.15) is 6.61 Å². The molecule has 0 saturated carbocycles. The molecule has 0 fully saturated rings. The number of hydrogen-bond donors (Lipinski definition) is 0. The first-order valence-corrected chi connectivity index (χ1v) is 9.52. The molecular weight excluding hydrogens is 396 g/mol. The predicted molar refractivity (Wildman–Crippen MR) is 106 cm³/mol. The summed E-state index contributed by atoms with van der Waals surface area (Å²) in [6.07, 6.45) is 0. The Balaban J connectivity index is 1.61. The van der Waals surface area contributed by atoms with Crippen molar-refractivity contribution >= 4 is 23.2 Å². The molecule has 0 saturated heterocycles. The average molecular weight is 414 g/mol. The van der Waals surface area contributed by atoms with Crippen molar-refractivity contribution in [3.63, 3.8) is 0 Å². The van der Waals surface area contributed by atoms with Crippen molar-refractivity contribution in [2.24, 2.45) is 7.05 Å². The van der Waals surface area contributed by atoms with E-state index in [1.807, 2.05) is 12.1 Å². The van der Waals surface area contributed by atoms with Gasteiger partial charge < -0.3 is 14.0 Å². The third-order valence-electron chi connectivity index (χ3n) is 4.06. The number of hydrogen-bond acceptors (Lipinski definition) is 8. The van der Waals surface area contributed by atoms with Gasteiger partial charge in [-0.2, -0.15) is 0 Å². The summed E-state index contributed by atoms with van der Waals surface area (Å²) < 4.78 is 12.7. The van der Waals surface area contributed by atoms with Crippen molar-refractivity contribution in [3.05, 3.63) is 70.0 Å². The van der Waals surface area contributed by atoms with Crippen LogP contribution < -0.4 is 9.47 Å². The minimum atomic E-state index is -0.527. The lowest BCUT2D eigenvalue weighted by atomic mass is 10.1. The fourth-order valence-corrected chi connectivity index (χ4v) is 3.31. The van der Waals surface area contributed by atoms with Crippen LogP contribution in [0.4, 0.5) is 5.69 Å². The smallest absolute Gasteiger partial charge is 0.270 e. The quantitative estimate of drug-likeness (QED) is 0.227. The molecule has 0 aliphatic heterocycles. The number of ketones is 1. The molecular formula is C19H18N4O5S. The van der Waals surface area contributed by atoms with E-state index in [1.54, 1.807) is 36.9 Å². The van der Waals surface area contributed by atoms with Crippen LogP contribution in [-0.4, -0.2) is 38.3 Å². The highest BCUT2D eigenvalue weighted by Crippen LogP contribution is 2.27. The molecule has 2 aromatic carbocycles. The van der Waals surface area contributed by atoms with Gasteiger partial charge in [0, 0.05) is 24.7 Å². The Labute approximate surface area is 170 Å². The standard InChI is InChI=1S/C19H18N4O5S/c1-22-18(11-28-17-9-4-3-8-16(17)27-2)20-21-19(22)29-12-15(24)13-6-5-7-14(10-13)23(25)26/h3-10H,11-12H2,1-2H3. The van der Waals surface area contributed by atoms with Gasteiger partial charge in [0.2, 0.25) is 0 Å². The van der Waals surface area contributed by atoms with Gasteiger partial charge in [-0.15, -0.1) is 10.2 Å². The number of benzene rings is 2. The highest BCUT2D eigenvalue weighted by molar-refractivity contribution is 7.99. The number of nitro benzene ring substituents is 1. The Morgan fingerprint density at radius 1 is 1.17 bits per heavy atom. The normalized spacial score (nSPS) is 10.6. The second-order valence-electron chi connectivity index (χ2n) is 5.92. The maximum atomic E-state index is 12.4. The van der Waals surface area contributed by atoms with E-state index in [1.165, 1.54) is 30.0 Å². The Bertz CT molecular complexity index is 1040. The number of carbonyl (C=O) groups excluding carboxylic acids is 1. The average Bonchev–Trinajstić information content (AvgIpc) is 3.10. The molecule has 0 aliphatic carbocycles. The Morgan fingerprint density at radius 2 is 1.93 bits per heavy atom. The zero-order valence-corrected chi connectivity index (χ0v) is 16.6. The number of ether oxygens (including phenoxy) is 2. The molecule has 0 amide bonds. The fraction of sp³-hybridized carbons (Fsp3) is 0.211. The lowest BCUT2D eigenvalue weighted by molar-refractivity contribution is -0.384. The molecule has 0 aliphatic rings. The zero-order valence-electron chi connectivity index (χ0n) is 15.8. The minimum Gasteiger partial charge on any atom is -0.493 e. The van der Waals surface area contributed by atoms with Crippen molar-refractivity contribution in [2.75, 3.05) is 12.9 Å². The number of rotatable bonds is 9. The molecule has 1 heterocycles. The Morgan fingerprint density at radius 3 is 2.66 bits per heavy atom. The maximum absolute atomic E-state index is 12.4. The van der Waals surface area contributed by atoms with Crippen LogP contribution in [0.3, 0.4) is 0 Å². The molecule has 3 rings (SSSR count). The highest BCUT2D eigenvalue weighted by Gasteiger charge is 2.15. The summed E-state index contributed by atoms with van der Waals surface area (Å²) in [6.45, 7) is 0.184. The van der Waals surface area contributed by atoms with Gasteiger partial charge in [-0.3, -0.25) is 14.9 Å². The summed E-state index contributed by atoms with van der Waals surface area (Å²) in [6, 6.07) is 12.9. The topological polar surface area (TPSA) is 109 Å². The third-order valence-corrected chi connectivity index (χ3v) is 5.08. The monoisotopic (exact) mass is 414 g/mol. The van der Waals surface area contributed by atoms with Gasteiger partial charge in [-0.25, -0.2) is 0 Å². The van der Waals surface area contributed by atoms with E-state index < -0.39 is 4.92 Å². The summed E-state index contributed by atoms with van der Waals surface area (Å²) in [4.78, 5) is 22.7. The Hall–Kier alpha value is -3.40. The number of Topliss-reactive ketones (excluding diaryl/α,β-unsaturated/α-hetero) is 1. The first kappa shape index (κ1) is 20.3. The van der Waals surface area contributed by atoms with Crippen molar-refractivity contribution in [1.29, 1.82) is 0 Å². The van der Waals surface area contributed by atoms with Crippen molar-refractivity contribution in [1.82, 2.24) is 14.8 Å².